The van der Waals surface area contributed by atoms with Crippen LogP contribution in [0.3, 0.4) is 0 Å². The minimum Gasteiger partial charge on any atom is -0.472 e. The predicted octanol–water partition coefficient (Wildman–Crippen LogP) is 3.47. The summed E-state index contributed by atoms with van der Waals surface area (Å²) in [6.07, 6.45) is -1.24. The number of aromatic nitrogens is 2. The molecule has 2 aromatic carbocycles. The van der Waals surface area contributed by atoms with Crippen molar-refractivity contribution in [3.05, 3.63) is 85.1 Å². The maximum Gasteiger partial charge on any atom is 0.404 e. The Morgan fingerprint density at radius 3 is 2.59 bits per heavy atom. The maximum absolute atomic E-state index is 13.7. The van der Waals surface area contributed by atoms with E-state index < -0.39 is 17.5 Å². The van der Waals surface area contributed by atoms with Crippen LogP contribution in [0.4, 0.5) is 9.18 Å². The van der Waals surface area contributed by atoms with Gasteiger partial charge in [0.1, 0.15) is 22.7 Å². The second-order valence-electron chi connectivity index (χ2n) is 8.03. The number of carboxylic acid groups (broad SMARTS) is 1. The number of aryl methyl sites for hydroxylation is 2. The van der Waals surface area contributed by atoms with Crippen LogP contribution in [0, 0.1) is 19.7 Å². The lowest BCUT2D eigenvalue weighted by Crippen LogP contribution is -2.28. The van der Waals surface area contributed by atoms with Gasteiger partial charge in [0.15, 0.2) is 0 Å². The number of hydrogen-bond donors (Lipinski definition) is 3. The zero-order valence-corrected chi connectivity index (χ0v) is 22.0. The van der Waals surface area contributed by atoms with Crippen LogP contribution in [0.2, 0.25) is 0 Å². The fourth-order valence-corrected chi connectivity index (χ4v) is 3.92. The van der Waals surface area contributed by atoms with Gasteiger partial charge in [0.25, 0.3) is 11.5 Å². The highest BCUT2D eigenvalue weighted by atomic mass is 79.9. The lowest BCUT2D eigenvalue weighted by molar-refractivity contribution is 0.0937. The molecule has 3 aromatic rings. The van der Waals surface area contributed by atoms with Gasteiger partial charge < -0.3 is 25.2 Å². The summed E-state index contributed by atoms with van der Waals surface area (Å²) in [7, 11) is 1.54. The van der Waals surface area contributed by atoms with E-state index >= 15 is 0 Å². The number of methoxy groups -OCH3 is 1. The topological polar surface area (TPSA) is 132 Å². The second-order valence-corrected chi connectivity index (χ2v) is 8.82. The van der Waals surface area contributed by atoms with E-state index in [1.54, 1.807) is 32.2 Å². The van der Waals surface area contributed by atoms with Gasteiger partial charge in [0.2, 0.25) is 5.88 Å². The third kappa shape index (κ3) is 6.92. The zero-order chi connectivity index (χ0) is 27.1. The van der Waals surface area contributed by atoms with E-state index in [9.17, 15) is 18.8 Å². The standard InChI is InChI=1S/C25H26BrFN4O6/c1-14-4-5-16(22(32)28-8-9-36-3)11-20(14)31-15(2)30-23(21(26)24(31)33)37-13-17-6-7-19(27)10-18(17)12-29-25(34)35/h4-7,10-11,29H,8-9,12-13H2,1-3H3,(H,28,32)(H,34,35). The van der Waals surface area contributed by atoms with E-state index in [1.165, 1.54) is 22.8 Å². The highest BCUT2D eigenvalue weighted by Gasteiger charge is 2.18. The van der Waals surface area contributed by atoms with Gasteiger partial charge in [-0.25, -0.2) is 9.18 Å². The maximum atomic E-state index is 13.7. The van der Waals surface area contributed by atoms with Gasteiger partial charge in [-0.2, -0.15) is 4.98 Å². The lowest BCUT2D eigenvalue weighted by atomic mass is 10.1. The minimum absolute atomic E-state index is 0.0198. The number of halogens is 2. The summed E-state index contributed by atoms with van der Waals surface area (Å²) in [6, 6.07) is 8.94. The molecule has 1 heterocycles. The molecule has 0 atom stereocenters. The van der Waals surface area contributed by atoms with Crippen LogP contribution in [0.25, 0.3) is 5.69 Å². The Balaban J connectivity index is 1.89. The van der Waals surface area contributed by atoms with Crippen LogP contribution in [0.1, 0.15) is 32.9 Å². The van der Waals surface area contributed by atoms with Gasteiger partial charge in [-0.3, -0.25) is 14.2 Å². The van der Waals surface area contributed by atoms with Crippen LogP contribution in [0.5, 0.6) is 5.88 Å². The third-order valence-electron chi connectivity index (χ3n) is 5.43. The fourth-order valence-electron chi connectivity index (χ4n) is 3.54. The Kier molecular flexibility index (Phi) is 9.36. The van der Waals surface area contributed by atoms with Crippen LogP contribution < -0.4 is 20.9 Å². The molecule has 0 saturated heterocycles. The van der Waals surface area contributed by atoms with Crippen molar-refractivity contribution < 1.29 is 28.6 Å². The highest BCUT2D eigenvalue weighted by Crippen LogP contribution is 2.24. The summed E-state index contributed by atoms with van der Waals surface area (Å²) < 4.78 is 25.8. The molecule has 0 saturated carbocycles. The first-order valence-electron chi connectivity index (χ1n) is 11.2. The molecule has 0 aliphatic carbocycles. The van der Waals surface area contributed by atoms with Crippen molar-refractivity contribution in [3.8, 4) is 11.6 Å². The van der Waals surface area contributed by atoms with Gasteiger partial charge in [-0.1, -0.05) is 12.1 Å². The number of nitrogens with zero attached hydrogens (tertiary/aromatic N) is 2. The smallest absolute Gasteiger partial charge is 0.404 e. The molecule has 0 radical (unpaired) electrons. The van der Waals surface area contributed by atoms with E-state index in [-0.39, 0.29) is 29.4 Å². The normalized spacial score (nSPS) is 10.7. The van der Waals surface area contributed by atoms with Crippen LogP contribution >= 0.6 is 15.9 Å². The second kappa shape index (κ2) is 12.5. The predicted molar refractivity (Wildman–Crippen MR) is 137 cm³/mol. The summed E-state index contributed by atoms with van der Waals surface area (Å²) in [6.45, 7) is 3.96. The Labute approximate surface area is 220 Å². The first kappa shape index (κ1) is 27.8. The number of amides is 2. The van der Waals surface area contributed by atoms with Gasteiger partial charge in [-0.05, 0) is 70.7 Å². The molecule has 0 bridgehead atoms. The number of rotatable bonds is 10. The lowest BCUT2D eigenvalue weighted by Gasteiger charge is -2.17. The number of ether oxygens (including phenoxy) is 2. The SMILES string of the molecule is COCCNC(=O)c1ccc(C)c(-n2c(C)nc(OCc3ccc(F)cc3CNC(=O)O)c(Br)c2=O)c1. The molecule has 3 N–H and O–H groups in total. The molecule has 0 aliphatic rings. The monoisotopic (exact) mass is 576 g/mol. The summed E-state index contributed by atoms with van der Waals surface area (Å²) >= 11 is 3.27. The summed E-state index contributed by atoms with van der Waals surface area (Å²) in [5.74, 6) is -0.487. The van der Waals surface area contributed by atoms with E-state index in [1.807, 2.05) is 6.92 Å². The largest absolute Gasteiger partial charge is 0.472 e. The molecular weight excluding hydrogens is 551 g/mol. The van der Waals surface area contributed by atoms with Crippen LogP contribution in [-0.2, 0) is 17.9 Å². The summed E-state index contributed by atoms with van der Waals surface area (Å²) in [4.78, 5) is 41.1. The summed E-state index contributed by atoms with van der Waals surface area (Å²) in [5, 5.41) is 13.8. The molecule has 1 aromatic heterocycles. The summed E-state index contributed by atoms with van der Waals surface area (Å²) in [5.41, 5.74) is 2.08. The zero-order valence-electron chi connectivity index (χ0n) is 20.4. The average Bonchev–Trinajstić information content (AvgIpc) is 2.86. The van der Waals surface area contributed by atoms with Gasteiger partial charge >= 0.3 is 6.09 Å². The average molecular weight is 577 g/mol. The van der Waals surface area contributed by atoms with Crippen molar-refractivity contribution >= 4 is 27.9 Å². The fraction of sp³-hybridized carbons (Fsp3) is 0.280. The van der Waals surface area contributed by atoms with E-state index in [4.69, 9.17) is 14.6 Å². The quantitative estimate of drug-likeness (QED) is 0.315. The van der Waals surface area contributed by atoms with Crippen LogP contribution in [0.15, 0.2) is 45.7 Å². The van der Waals surface area contributed by atoms with Crippen LogP contribution in [-0.4, -0.2) is 46.9 Å². The molecule has 196 valence electrons. The third-order valence-corrected chi connectivity index (χ3v) is 6.11. The van der Waals surface area contributed by atoms with Crippen molar-refractivity contribution in [1.29, 1.82) is 0 Å². The van der Waals surface area contributed by atoms with E-state index in [0.717, 1.165) is 5.56 Å². The number of carbonyl (C=O) groups excluding carboxylic acids is 1. The molecule has 0 spiro atoms. The minimum atomic E-state index is -1.24. The van der Waals surface area contributed by atoms with Gasteiger partial charge in [0, 0.05) is 25.8 Å². The molecule has 0 aliphatic heterocycles. The van der Waals surface area contributed by atoms with E-state index in [2.05, 4.69) is 31.5 Å². The first-order valence-corrected chi connectivity index (χ1v) is 12.0. The van der Waals surface area contributed by atoms with E-state index in [0.29, 0.717) is 41.4 Å². The highest BCUT2D eigenvalue weighted by molar-refractivity contribution is 9.10. The van der Waals surface area contributed by atoms with Crippen molar-refractivity contribution in [1.82, 2.24) is 20.2 Å². The molecule has 0 fully saturated rings. The molecule has 10 nitrogen and oxygen atoms in total. The number of hydrogen-bond acceptors (Lipinski definition) is 6. The first-order chi connectivity index (χ1) is 17.6. The van der Waals surface area contributed by atoms with Gasteiger partial charge in [0.05, 0.1) is 12.3 Å². The van der Waals surface area contributed by atoms with Crippen molar-refractivity contribution in [2.45, 2.75) is 27.0 Å². The Morgan fingerprint density at radius 2 is 1.89 bits per heavy atom. The number of benzene rings is 2. The Hall–Kier alpha value is -3.77. The number of nitrogens with one attached hydrogen (secondary N) is 2. The molecular formula is C25H26BrFN4O6. The molecule has 12 heteroatoms. The molecule has 2 amide bonds. The number of carbonyl (C=O) groups is 2. The molecule has 3 rings (SSSR count). The Morgan fingerprint density at radius 1 is 1.14 bits per heavy atom. The van der Waals surface area contributed by atoms with Gasteiger partial charge in [-0.15, -0.1) is 0 Å². The molecule has 37 heavy (non-hydrogen) atoms. The van der Waals surface area contributed by atoms with Crippen molar-refractivity contribution in [2.75, 3.05) is 20.3 Å². The molecule has 0 unspecified atom stereocenters. The van der Waals surface area contributed by atoms with Crippen molar-refractivity contribution in [3.63, 3.8) is 0 Å². The Bertz CT molecular complexity index is 1380. The van der Waals surface area contributed by atoms with Crippen molar-refractivity contribution in [2.24, 2.45) is 0 Å².